The van der Waals surface area contributed by atoms with Gasteiger partial charge in [-0.15, -0.1) is 0 Å². The van der Waals surface area contributed by atoms with Gasteiger partial charge in [-0.2, -0.15) is 0 Å². The molecule has 0 bridgehead atoms. The van der Waals surface area contributed by atoms with E-state index < -0.39 is 86.8 Å². The zero-order valence-corrected chi connectivity index (χ0v) is 44.3. The van der Waals surface area contributed by atoms with Crippen LogP contribution in [0.2, 0.25) is 0 Å². The molecule has 1 amide bonds. The van der Waals surface area contributed by atoms with Gasteiger partial charge in [0.1, 0.15) is 48.8 Å². The third kappa shape index (κ3) is 29.0. The van der Waals surface area contributed by atoms with E-state index in [1.807, 2.05) is 6.08 Å². The number of allylic oxidation sites excluding steroid dienone is 1. The van der Waals surface area contributed by atoms with Crippen LogP contribution in [0.15, 0.2) is 12.2 Å². The highest BCUT2D eigenvalue weighted by Crippen LogP contribution is 2.30. The van der Waals surface area contributed by atoms with Crippen LogP contribution in [-0.2, 0) is 23.7 Å². The fourth-order valence-electron chi connectivity index (χ4n) is 9.76. The third-order valence-electron chi connectivity index (χ3n) is 14.5. The number of carbonyl (C=O) groups excluding carboxylic acids is 1. The minimum atomic E-state index is -1.78. The maximum atomic E-state index is 13.2. The van der Waals surface area contributed by atoms with Gasteiger partial charge in [0.2, 0.25) is 5.91 Å². The minimum absolute atomic E-state index is 0.235. The van der Waals surface area contributed by atoms with E-state index in [2.05, 4.69) is 19.2 Å². The second-order valence-electron chi connectivity index (χ2n) is 20.8. The van der Waals surface area contributed by atoms with Gasteiger partial charge in [0.15, 0.2) is 12.6 Å². The van der Waals surface area contributed by atoms with Crippen molar-refractivity contribution >= 4 is 5.91 Å². The summed E-state index contributed by atoms with van der Waals surface area (Å²) in [5.74, 6) is -0.235. The molecule has 2 aliphatic rings. The van der Waals surface area contributed by atoms with Gasteiger partial charge < -0.3 is 65.1 Å². The number of carbonyl (C=O) groups is 1. The summed E-state index contributed by atoms with van der Waals surface area (Å²) in [6, 6.07) is -0.908. The van der Waals surface area contributed by atoms with Gasteiger partial charge in [-0.05, 0) is 19.3 Å². The van der Waals surface area contributed by atoms with Crippen molar-refractivity contribution in [2.45, 2.75) is 319 Å². The Kier molecular flexibility index (Phi) is 39.9. The van der Waals surface area contributed by atoms with Crippen LogP contribution < -0.4 is 5.32 Å². The highest BCUT2D eigenvalue weighted by Gasteiger charge is 2.51. The molecule has 0 saturated carbocycles. The molecule has 9 N–H and O–H groups in total. The van der Waals surface area contributed by atoms with E-state index in [9.17, 15) is 45.6 Å². The van der Waals surface area contributed by atoms with Gasteiger partial charge in [-0.3, -0.25) is 4.79 Å². The number of amides is 1. The summed E-state index contributed by atoms with van der Waals surface area (Å²) in [6.45, 7) is 2.81. The quantitative estimate of drug-likeness (QED) is 0.0205. The number of ether oxygens (including phenoxy) is 4. The van der Waals surface area contributed by atoms with Gasteiger partial charge in [0, 0.05) is 6.42 Å². The van der Waals surface area contributed by atoms with Crippen molar-refractivity contribution in [1.82, 2.24) is 5.32 Å². The number of hydrogen-bond acceptors (Lipinski definition) is 13. The second kappa shape index (κ2) is 43.0. The Labute approximate surface area is 425 Å². The molecule has 0 aromatic rings. The first kappa shape index (κ1) is 64.8. The molecule has 0 spiro atoms. The summed E-state index contributed by atoms with van der Waals surface area (Å²) in [6.07, 6.45) is 31.1. The molecule has 0 radical (unpaired) electrons. The molecule has 14 nitrogen and oxygen atoms in total. The number of nitrogens with one attached hydrogen (secondary N) is 1. The van der Waals surface area contributed by atoms with Crippen LogP contribution in [-0.4, -0.2) is 140 Å². The molecule has 2 fully saturated rings. The summed E-state index contributed by atoms with van der Waals surface area (Å²) >= 11 is 0. The smallest absolute Gasteiger partial charge is 0.220 e. The predicted octanol–water partition coefficient (Wildman–Crippen LogP) is 9.11. The highest BCUT2D eigenvalue weighted by molar-refractivity contribution is 5.76. The van der Waals surface area contributed by atoms with Crippen LogP contribution >= 0.6 is 0 Å². The lowest BCUT2D eigenvalue weighted by Gasteiger charge is -2.46. The third-order valence-corrected chi connectivity index (χ3v) is 14.5. The van der Waals surface area contributed by atoms with E-state index in [4.69, 9.17) is 18.9 Å². The van der Waals surface area contributed by atoms with E-state index in [-0.39, 0.29) is 18.9 Å². The summed E-state index contributed by atoms with van der Waals surface area (Å²) in [4.78, 5) is 13.2. The molecule has 0 aliphatic carbocycles. The Hall–Kier alpha value is -1.27. The molecule has 0 unspecified atom stereocenters. The van der Waals surface area contributed by atoms with Crippen molar-refractivity contribution in [1.29, 1.82) is 0 Å². The number of aliphatic hydroxyl groups excluding tert-OH is 8. The minimum Gasteiger partial charge on any atom is -0.394 e. The van der Waals surface area contributed by atoms with Gasteiger partial charge in [0.05, 0.1) is 32.0 Å². The Morgan fingerprint density at radius 2 is 0.886 bits per heavy atom. The van der Waals surface area contributed by atoms with Crippen LogP contribution in [0.1, 0.15) is 245 Å². The van der Waals surface area contributed by atoms with Gasteiger partial charge >= 0.3 is 0 Å². The summed E-state index contributed by atoms with van der Waals surface area (Å²) in [5.41, 5.74) is 0. The number of hydrogen-bond donors (Lipinski definition) is 9. The standard InChI is InChI=1S/C56H107NO13/c1-3-5-7-9-11-13-15-17-18-19-20-21-22-23-24-25-26-28-30-32-34-36-38-40-48(61)57-44(45(60)39-37-35-33-31-29-27-16-14-12-10-8-6-4-2)43-67-55-53(66)51(64)54(47(42-59)69-55)70-56-52(65)50(63)49(62)46(41-58)68-56/h37,39,44-47,49-56,58-60,62-66H,3-36,38,40-43H2,1-2H3,(H,57,61)/b39-37+/t44-,45+,46+,47+,49-,50-,51+,52+,53+,54+,55+,56-/m0/s1. The average Bonchev–Trinajstić information content (AvgIpc) is 3.36. The van der Waals surface area contributed by atoms with E-state index >= 15 is 0 Å². The molecule has 70 heavy (non-hydrogen) atoms. The lowest BCUT2D eigenvalue weighted by atomic mass is 9.97. The van der Waals surface area contributed by atoms with E-state index in [1.54, 1.807) is 6.08 Å². The van der Waals surface area contributed by atoms with Crippen molar-refractivity contribution in [2.75, 3.05) is 19.8 Å². The molecule has 414 valence electrons. The first-order valence-corrected chi connectivity index (χ1v) is 28.9. The van der Waals surface area contributed by atoms with E-state index in [0.717, 1.165) is 38.5 Å². The topological polar surface area (TPSA) is 228 Å². The largest absolute Gasteiger partial charge is 0.394 e. The van der Waals surface area contributed by atoms with Crippen molar-refractivity contribution in [3.8, 4) is 0 Å². The maximum Gasteiger partial charge on any atom is 0.220 e. The fraction of sp³-hybridized carbons (Fsp3) is 0.946. The Morgan fingerprint density at radius 3 is 1.31 bits per heavy atom. The molecule has 0 aromatic carbocycles. The first-order chi connectivity index (χ1) is 34.1. The second-order valence-corrected chi connectivity index (χ2v) is 20.8. The fourth-order valence-corrected chi connectivity index (χ4v) is 9.76. The Bertz CT molecular complexity index is 1230. The average molecular weight is 1000 g/mol. The van der Waals surface area contributed by atoms with Crippen molar-refractivity contribution in [2.24, 2.45) is 0 Å². The van der Waals surface area contributed by atoms with Gasteiger partial charge in [0.25, 0.3) is 0 Å². The lowest BCUT2D eigenvalue weighted by Crippen LogP contribution is -2.65. The molecule has 2 heterocycles. The van der Waals surface area contributed by atoms with Crippen LogP contribution in [0.5, 0.6) is 0 Å². The van der Waals surface area contributed by atoms with Crippen LogP contribution in [0.3, 0.4) is 0 Å². The predicted molar refractivity (Wildman–Crippen MR) is 277 cm³/mol. The Balaban J connectivity index is 1.74. The maximum absolute atomic E-state index is 13.2. The molecule has 2 rings (SSSR count). The summed E-state index contributed by atoms with van der Waals surface area (Å²) in [5, 5.41) is 86.9. The molecular weight excluding hydrogens is 895 g/mol. The van der Waals surface area contributed by atoms with Crippen molar-refractivity contribution < 1.29 is 64.6 Å². The number of rotatable bonds is 46. The van der Waals surface area contributed by atoms with Crippen molar-refractivity contribution in [3.05, 3.63) is 12.2 Å². The van der Waals surface area contributed by atoms with Crippen molar-refractivity contribution in [3.63, 3.8) is 0 Å². The first-order valence-electron chi connectivity index (χ1n) is 28.9. The molecule has 0 aromatic heterocycles. The summed E-state index contributed by atoms with van der Waals surface area (Å²) < 4.78 is 22.7. The zero-order valence-electron chi connectivity index (χ0n) is 44.3. The number of unbranched alkanes of at least 4 members (excludes halogenated alkanes) is 33. The van der Waals surface area contributed by atoms with Gasteiger partial charge in [-0.1, -0.05) is 231 Å². The molecule has 2 saturated heterocycles. The normalized spacial score (nSPS) is 26.0. The zero-order chi connectivity index (χ0) is 51.0. The van der Waals surface area contributed by atoms with E-state index in [1.165, 1.54) is 180 Å². The SMILES string of the molecule is CCCCCCCCCCCCC/C=C/[C@@H](O)[C@H](CO[C@@H]1O[C@H](CO)[C@@H](O[C@@H]2O[C@H](CO)[C@H](O)[C@H](O)[C@H]2O)[C@H](O)[C@H]1O)NC(=O)CCCCCCCCCCCCCCCCCCCCCCCCC. The Morgan fingerprint density at radius 1 is 0.500 bits per heavy atom. The lowest BCUT2D eigenvalue weighted by molar-refractivity contribution is -0.359. The monoisotopic (exact) mass is 1000 g/mol. The van der Waals surface area contributed by atoms with Crippen LogP contribution in [0.4, 0.5) is 0 Å². The molecule has 14 heteroatoms. The number of aliphatic hydroxyl groups is 8. The highest BCUT2D eigenvalue weighted by atomic mass is 16.7. The molecule has 2 aliphatic heterocycles. The summed E-state index contributed by atoms with van der Waals surface area (Å²) in [7, 11) is 0. The molecule has 12 atom stereocenters. The van der Waals surface area contributed by atoms with Crippen LogP contribution in [0, 0.1) is 0 Å². The molecular formula is C56H107NO13. The van der Waals surface area contributed by atoms with Crippen LogP contribution in [0.25, 0.3) is 0 Å². The van der Waals surface area contributed by atoms with E-state index in [0.29, 0.717) is 6.42 Å². The van der Waals surface area contributed by atoms with Gasteiger partial charge in [-0.25, -0.2) is 0 Å².